The van der Waals surface area contributed by atoms with Crippen molar-refractivity contribution in [2.75, 3.05) is 6.54 Å². The largest absolute Gasteiger partial charge is 0.351 e. The Labute approximate surface area is 114 Å². The molecule has 98 valence electrons. The van der Waals surface area contributed by atoms with Crippen LogP contribution in [0.15, 0.2) is 22.7 Å². The third-order valence-electron chi connectivity index (χ3n) is 3.09. The van der Waals surface area contributed by atoms with Crippen LogP contribution in [0.3, 0.4) is 0 Å². The number of hydrogen-bond acceptors (Lipinski definition) is 2. The van der Waals surface area contributed by atoms with Crippen LogP contribution < -0.4 is 10.6 Å². The van der Waals surface area contributed by atoms with Crippen molar-refractivity contribution in [1.29, 1.82) is 0 Å². The van der Waals surface area contributed by atoms with Gasteiger partial charge in [-0.25, -0.2) is 4.39 Å². The molecule has 18 heavy (non-hydrogen) atoms. The zero-order valence-corrected chi connectivity index (χ0v) is 11.6. The molecule has 1 aromatic carbocycles. The Morgan fingerprint density at radius 1 is 1.50 bits per heavy atom. The number of carbonyl (C=O) groups is 1. The van der Waals surface area contributed by atoms with Crippen molar-refractivity contribution < 1.29 is 9.18 Å². The average Bonchev–Trinajstić information content (AvgIpc) is 2.38. The molecule has 0 aromatic heterocycles. The first-order valence-electron chi connectivity index (χ1n) is 6.12. The number of amides is 1. The van der Waals surface area contributed by atoms with E-state index in [1.165, 1.54) is 12.1 Å². The molecule has 5 heteroatoms. The van der Waals surface area contributed by atoms with Gasteiger partial charge in [-0.2, -0.15) is 0 Å². The first-order chi connectivity index (χ1) is 8.66. The van der Waals surface area contributed by atoms with Crippen molar-refractivity contribution in [1.82, 2.24) is 10.6 Å². The Bertz CT molecular complexity index is 433. The van der Waals surface area contributed by atoms with Crippen molar-refractivity contribution in [2.24, 2.45) is 0 Å². The molecule has 1 saturated heterocycles. The smallest absolute Gasteiger partial charge is 0.237 e. The van der Waals surface area contributed by atoms with Crippen LogP contribution in [0.5, 0.6) is 0 Å². The highest BCUT2D eigenvalue weighted by Gasteiger charge is 2.20. The summed E-state index contributed by atoms with van der Waals surface area (Å²) in [6, 6.07) is 4.39. The normalized spacial score (nSPS) is 19.6. The van der Waals surface area contributed by atoms with E-state index in [-0.39, 0.29) is 17.8 Å². The summed E-state index contributed by atoms with van der Waals surface area (Å²) in [7, 11) is 0. The predicted octanol–water partition coefficient (Wildman–Crippen LogP) is 2.35. The van der Waals surface area contributed by atoms with E-state index in [0.717, 1.165) is 31.4 Å². The lowest BCUT2D eigenvalue weighted by molar-refractivity contribution is -0.123. The van der Waals surface area contributed by atoms with Gasteiger partial charge in [0.2, 0.25) is 5.91 Å². The molecule has 1 atom stereocenters. The molecular formula is C13H16BrFN2O. The van der Waals surface area contributed by atoms with Gasteiger partial charge in [0.25, 0.3) is 0 Å². The number of rotatable bonds is 3. The lowest BCUT2D eigenvalue weighted by Gasteiger charge is -2.22. The maximum absolute atomic E-state index is 12.9. The molecule has 1 aromatic rings. The molecule has 0 spiro atoms. The van der Waals surface area contributed by atoms with Gasteiger partial charge in [-0.15, -0.1) is 0 Å². The highest BCUT2D eigenvalue weighted by atomic mass is 79.9. The molecule has 0 saturated carbocycles. The SMILES string of the molecule is O=C(NCc1ccc(F)cc1Br)C1CCCCN1. The maximum atomic E-state index is 12.9. The van der Waals surface area contributed by atoms with Crippen LogP contribution in [0, 0.1) is 5.82 Å². The molecule has 1 heterocycles. The lowest BCUT2D eigenvalue weighted by atomic mass is 10.0. The van der Waals surface area contributed by atoms with Crippen LogP contribution >= 0.6 is 15.9 Å². The minimum atomic E-state index is -0.286. The zero-order chi connectivity index (χ0) is 13.0. The molecule has 2 N–H and O–H groups in total. The van der Waals surface area contributed by atoms with E-state index in [9.17, 15) is 9.18 Å². The van der Waals surface area contributed by atoms with Gasteiger partial charge in [-0.05, 0) is 37.1 Å². The predicted molar refractivity (Wildman–Crippen MR) is 71.6 cm³/mol. The summed E-state index contributed by atoms with van der Waals surface area (Å²) in [5.41, 5.74) is 0.876. The fourth-order valence-corrected chi connectivity index (χ4v) is 2.54. The number of carbonyl (C=O) groups excluding carboxylic acids is 1. The fraction of sp³-hybridized carbons (Fsp3) is 0.462. The maximum Gasteiger partial charge on any atom is 0.237 e. The average molecular weight is 315 g/mol. The summed E-state index contributed by atoms with van der Waals surface area (Å²) in [4.78, 5) is 11.9. The Kier molecular flexibility index (Phi) is 4.72. The molecule has 3 nitrogen and oxygen atoms in total. The fourth-order valence-electron chi connectivity index (χ4n) is 2.05. The van der Waals surface area contributed by atoms with Crippen molar-refractivity contribution in [3.63, 3.8) is 0 Å². The Morgan fingerprint density at radius 2 is 2.33 bits per heavy atom. The van der Waals surface area contributed by atoms with E-state index in [1.54, 1.807) is 6.07 Å². The Morgan fingerprint density at radius 3 is 3.00 bits per heavy atom. The third-order valence-corrected chi connectivity index (χ3v) is 3.83. The number of benzene rings is 1. The summed E-state index contributed by atoms with van der Waals surface area (Å²) in [5, 5.41) is 6.07. The van der Waals surface area contributed by atoms with Crippen LogP contribution in [0.1, 0.15) is 24.8 Å². The lowest BCUT2D eigenvalue weighted by Crippen LogP contribution is -2.46. The molecule has 1 amide bonds. The second-order valence-corrected chi connectivity index (χ2v) is 5.31. The van der Waals surface area contributed by atoms with Crippen LogP contribution in [-0.2, 0) is 11.3 Å². The molecule has 1 aliphatic heterocycles. The summed E-state index contributed by atoms with van der Waals surface area (Å²) >= 11 is 3.29. The second kappa shape index (κ2) is 6.29. The van der Waals surface area contributed by atoms with E-state index < -0.39 is 0 Å². The van der Waals surface area contributed by atoms with Gasteiger partial charge >= 0.3 is 0 Å². The zero-order valence-electron chi connectivity index (χ0n) is 10.0. The standard InChI is InChI=1S/C13H16BrFN2O/c14-11-7-10(15)5-4-9(11)8-17-13(18)12-3-1-2-6-16-12/h4-5,7,12,16H,1-3,6,8H2,(H,17,18). The van der Waals surface area contributed by atoms with Crippen molar-refractivity contribution in [3.05, 3.63) is 34.1 Å². The number of piperidine rings is 1. The van der Waals surface area contributed by atoms with E-state index in [2.05, 4.69) is 26.6 Å². The molecule has 2 rings (SSSR count). The highest BCUT2D eigenvalue weighted by Crippen LogP contribution is 2.18. The van der Waals surface area contributed by atoms with E-state index in [0.29, 0.717) is 11.0 Å². The van der Waals surface area contributed by atoms with E-state index >= 15 is 0 Å². The van der Waals surface area contributed by atoms with Crippen molar-refractivity contribution >= 4 is 21.8 Å². The van der Waals surface area contributed by atoms with E-state index in [1.807, 2.05) is 0 Å². The highest BCUT2D eigenvalue weighted by molar-refractivity contribution is 9.10. The summed E-state index contributed by atoms with van der Waals surface area (Å²) in [6.45, 7) is 1.32. The van der Waals surface area contributed by atoms with E-state index in [4.69, 9.17) is 0 Å². The van der Waals surface area contributed by atoms with Gasteiger partial charge in [0.1, 0.15) is 5.82 Å². The Balaban J connectivity index is 1.88. The first-order valence-corrected chi connectivity index (χ1v) is 6.91. The van der Waals surface area contributed by atoms with Crippen molar-refractivity contribution in [3.8, 4) is 0 Å². The summed E-state index contributed by atoms with van der Waals surface area (Å²) in [6.07, 6.45) is 3.11. The monoisotopic (exact) mass is 314 g/mol. The van der Waals surface area contributed by atoms with Gasteiger partial charge in [0.15, 0.2) is 0 Å². The minimum Gasteiger partial charge on any atom is -0.351 e. The quantitative estimate of drug-likeness (QED) is 0.899. The molecule has 0 aliphatic carbocycles. The molecule has 1 aliphatic rings. The van der Waals surface area contributed by atoms with Crippen LogP contribution in [0.25, 0.3) is 0 Å². The van der Waals surface area contributed by atoms with Gasteiger partial charge in [-0.1, -0.05) is 28.4 Å². The second-order valence-electron chi connectivity index (χ2n) is 4.46. The Hall–Kier alpha value is -0.940. The molecule has 1 unspecified atom stereocenters. The van der Waals surface area contributed by atoms with Gasteiger partial charge in [0.05, 0.1) is 6.04 Å². The summed E-state index contributed by atoms with van der Waals surface area (Å²) < 4.78 is 13.6. The van der Waals surface area contributed by atoms with Gasteiger partial charge in [0, 0.05) is 11.0 Å². The minimum absolute atomic E-state index is 0.0194. The van der Waals surface area contributed by atoms with Crippen LogP contribution in [-0.4, -0.2) is 18.5 Å². The molecule has 0 radical (unpaired) electrons. The molecular weight excluding hydrogens is 299 g/mol. The number of halogens is 2. The number of nitrogens with one attached hydrogen (secondary N) is 2. The van der Waals surface area contributed by atoms with Crippen LogP contribution in [0.4, 0.5) is 4.39 Å². The summed E-state index contributed by atoms with van der Waals surface area (Å²) in [5.74, 6) is -0.267. The van der Waals surface area contributed by atoms with Gasteiger partial charge < -0.3 is 10.6 Å². The number of hydrogen-bond donors (Lipinski definition) is 2. The third kappa shape index (κ3) is 3.53. The molecule has 1 fully saturated rings. The topological polar surface area (TPSA) is 41.1 Å². The van der Waals surface area contributed by atoms with Gasteiger partial charge in [-0.3, -0.25) is 4.79 Å². The first kappa shape index (κ1) is 13.5. The van der Waals surface area contributed by atoms with Crippen molar-refractivity contribution in [2.45, 2.75) is 31.8 Å². The van der Waals surface area contributed by atoms with Crippen LogP contribution in [0.2, 0.25) is 0 Å². The molecule has 0 bridgehead atoms.